The highest BCUT2D eigenvalue weighted by molar-refractivity contribution is 5.76. The van der Waals surface area contributed by atoms with E-state index in [1.807, 2.05) is 0 Å². The van der Waals surface area contributed by atoms with Crippen molar-refractivity contribution in [3.63, 3.8) is 0 Å². The zero-order valence-corrected chi connectivity index (χ0v) is 9.02. The molecule has 0 saturated carbocycles. The van der Waals surface area contributed by atoms with Crippen LogP contribution >= 0.6 is 0 Å². The van der Waals surface area contributed by atoms with E-state index in [-0.39, 0.29) is 16.9 Å². The lowest BCUT2D eigenvalue weighted by Crippen LogP contribution is -2.15. The van der Waals surface area contributed by atoms with Crippen LogP contribution in [0.2, 0.25) is 0 Å². The Kier molecular flexibility index (Phi) is 2.22. The van der Waals surface area contributed by atoms with Crippen LogP contribution < -0.4 is 5.69 Å². The number of fused-ring (bicyclic) bond motifs is 1. The molecule has 0 spiro atoms. The molecule has 1 N–H and O–H groups in total. The lowest BCUT2D eigenvalue weighted by molar-refractivity contribution is 0.511. The lowest BCUT2D eigenvalue weighted by Gasteiger charge is -2.05. The van der Waals surface area contributed by atoms with E-state index >= 15 is 0 Å². The van der Waals surface area contributed by atoms with Gasteiger partial charge in [0.15, 0.2) is 11.6 Å². The summed E-state index contributed by atoms with van der Waals surface area (Å²) >= 11 is 0. The highest BCUT2D eigenvalue weighted by Gasteiger charge is 2.14. The van der Waals surface area contributed by atoms with Crippen molar-refractivity contribution in [3.8, 4) is 11.1 Å². The first-order valence-electron chi connectivity index (χ1n) is 5.17. The van der Waals surface area contributed by atoms with Crippen molar-refractivity contribution in [3.05, 3.63) is 58.9 Å². The van der Waals surface area contributed by atoms with E-state index < -0.39 is 11.6 Å². The number of aromatic nitrogens is 3. The summed E-state index contributed by atoms with van der Waals surface area (Å²) in [4.78, 5) is 17.9. The standard InChI is InChI=1S/C12H7F2N3O/c13-9-3-1-2-7(10(9)14)8-6-16-12(18)17-5-4-15-11(8)17/h1-6H,(H,16,18). The third kappa shape index (κ3) is 1.42. The van der Waals surface area contributed by atoms with Crippen molar-refractivity contribution >= 4 is 5.65 Å². The van der Waals surface area contributed by atoms with Crippen LogP contribution in [0.25, 0.3) is 16.8 Å². The number of rotatable bonds is 1. The molecule has 3 rings (SSSR count). The van der Waals surface area contributed by atoms with Crippen LogP contribution in [0.1, 0.15) is 0 Å². The molecule has 0 atom stereocenters. The van der Waals surface area contributed by atoms with E-state index in [0.717, 1.165) is 6.07 Å². The van der Waals surface area contributed by atoms with Crippen molar-refractivity contribution in [1.29, 1.82) is 0 Å². The quantitative estimate of drug-likeness (QED) is 0.714. The summed E-state index contributed by atoms with van der Waals surface area (Å²) in [5.74, 6) is -1.90. The zero-order chi connectivity index (χ0) is 12.7. The maximum Gasteiger partial charge on any atom is 0.331 e. The minimum absolute atomic E-state index is 0.0578. The second-order valence-electron chi connectivity index (χ2n) is 3.73. The van der Waals surface area contributed by atoms with Gasteiger partial charge in [-0.3, -0.25) is 4.40 Å². The van der Waals surface area contributed by atoms with E-state index in [1.54, 1.807) is 0 Å². The number of H-pyrrole nitrogens is 1. The molecule has 2 aromatic heterocycles. The Bertz CT molecular complexity index is 791. The first kappa shape index (κ1) is 10.6. The lowest BCUT2D eigenvalue weighted by atomic mass is 10.1. The molecule has 3 aromatic rings. The summed E-state index contributed by atoms with van der Waals surface area (Å²) in [6, 6.07) is 3.87. The normalized spacial score (nSPS) is 11.0. The minimum atomic E-state index is -0.963. The average molecular weight is 247 g/mol. The molecule has 0 aliphatic carbocycles. The molecule has 0 saturated heterocycles. The number of hydrogen-bond donors (Lipinski definition) is 1. The number of hydrogen-bond acceptors (Lipinski definition) is 2. The fourth-order valence-corrected chi connectivity index (χ4v) is 1.84. The van der Waals surface area contributed by atoms with E-state index in [0.29, 0.717) is 5.56 Å². The molecule has 18 heavy (non-hydrogen) atoms. The smallest absolute Gasteiger partial charge is 0.313 e. The number of halogens is 2. The van der Waals surface area contributed by atoms with Crippen LogP contribution in [0, 0.1) is 11.6 Å². The fraction of sp³-hybridized carbons (Fsp3) is 0. The van der Waals surface area contributed by atoms with Gasteiger partial charge in [-0.1, -0.05) is 12.1 Å². The van der Waals surface area contributed by atoms with Crippen LogP contribution in [0.15, 0.2) is 41.6 Å². The number of nitrogens with zero attached hydrogens (tertiary/aromatic N) is 2. The Morgan fingerprint density at radius 3 is 2.89 bits per heavy atom. The van der Waals surface area contributed by atoms with Gasteiger partial charge in [0.25, 0.3) is 0 Å². The third-order valence-corrected chi connectivity index (χ3v) is 2.68. The van der Waals surface area contributed by atoms with E-state index in [9.17, 15) is 13.6 Å². The fourth-order valence-electron chi connectivity index (χ4n) is 1.84. The second-order valence-corrected chi connectivity index (χ2v) is 3.73. The van der Waals surface area contributed by atoms with Gasteiger partial charge in [0.2, 0.25) is 0 Å². The van der Waals surface area contributed by atoms with Gasteiger partial charge >= 0.3 is 5.69 Å². The van der Waals surface area contributed by atoms with Crippen molar-refractivity contribution in [2.45, 2.75) is 0 Å². The van der Waals surface area contributed by atoms with Gasteiger partial charge < -0.3 is 4.98 Å². The van der Waals surface area contributed by atoms with Crippen LogP contribution in [0.3, 0.4) is 0 Å². The van der Waals surface area contributed by atoms with Crippen molar-refractivity contribution in [1.82, 2.24) is 14.4 Å². The highest BCUT2D eigenvalue weighted by Crippen LogP contribution is 2.25. The maximum atomic E-state index is 13.7. The third-order valence-electron chi connectivity index (χ3n) is 2.68. The van der Waals surface area contributed by atoms with E-state index in [2.05, 4.69) is 9.97 Å². The summed E-state index contributed by atoms with van der Waals surface area (Å²) < 4.78 is 28.1. The molecule has 90 valence electrons. The molecule has 0 aliphatic rings. The van der Waals surface area contributed by atoms with Gasteiger partial charge in [0.1, 0.15) is 5.65 Å². The first-order chi connectivity index (χ1) is 8.68. The number of nitrogens with one attached hydrogen (secondary N) is 1. The summed E-state index contributed by atoms with van der Waals surface area (Å²) in [6.07, 6.45) is 4.20. The molecule has 0 radical (unpaired) electrons. The number of aromatic amines is 1. The molecule has 0 bridgehead atoms. The molecule has 4 nitrogen and oxygen atoms in total. The number of imidazole rings is 1. The van der Waals surface area contributed by atoms with Gasteiger partial charge in [-0.2, -0.15) is 0 Å². The van der Waals surface area contributed by atoms with Crippen LogP contribution in [-0.2, 0) is 0 Å². The van der Waals surface area contributed by atoms with Gasteiger partial charge in [-0.05, 0) is 6.07 Å². The maximum absolute atomic E-state index is 13.7. The van der Waals surface area contributed by atoms with Crippen molar-refractivity contribution < 1.29 is 8.78 Å². The minimum Gasteiger partial charge on any atom is -0.313 e. The summed E-state index contributed by atoms with van der Waals surface area (Å²) in [6.45, 7) is 0. The van der Waals surface area contributed by atoms with Gasteiger partial charge in [-0.25, -0.2) is 18.6 Å². The molecule has 0 fully saturated rings. The van der Waals surface area contributed by atoms with E-state index in [1.165, 1.54) is 35.1 Å². The average Bonchev–Trinajstić information content (AvgIpc) is 2.84. The monoisotopic (exact) mass is 247 g/mol. The Morgan fingerprint density at radius 2 is 2.06 bits per heavy atom. The van der Waals surface area contributed by atoms with Gasteiger partial charge in [0.05, 0.1) is 0 Å². The molecular formula is C12H7F2N3O. The summed E-state index contributed by atoms with van der Waals surface area (Å²) in [5.41, 5.74) is 0.283. The Balaban J connectivity index is 2.39. The second kappa shape index (κ2) is 3.76. The van der Waals surface area contributed by atoms with E-state index in [4.69, 9.17) is 0 Å². The van der Waals surface area contributed by atoms with Crippen LogP contribution in [0.5, 0.6) is 0 Å². The Hall–Kier alpha value is -2.50. The Morgan fingerprint density at radius 1 is 1.22 bits per heavy atom. The Labute approximate surface area is 99.5 Å². The first-order valence-corrected chi connectivity index (χ1v) is 5.17. The zero-order valence-electron chi connectivity index (χ0n) is 9.02. The topological polar surface area (TPSA) is 50.2 Å². The van der Waals surface area contributed by atoms with Crippen molar-refractivity contribution in [2.24, 2.45) is 0 Å². The molecular weight excluding hydrogens is 240 g/mol. The van der Waals surface area contributed by atoms with Gasteiger partial charge in [0, 0.05) is 29.7 Å². The summed E-state index contributed by atoms with van der Waals surface area (Å²) in [7, 11) is 0. The van der Waals surface area contributed by atoms with Gasteiger partial charge in [-0.15, -0.1) is 0 Å². The largest absolute Gasteiger partial charge is 0.331 e. The molecule has 1 aromatic carbocycles. The molecule has 2 heterocycles. The molecule has 6 heteroatoms. The van der Waals surface area contributed by atoms with Crippen molar-refractivity contribution in [2.75, 3.05) is 0 Å². The molecule has 0 aliphatic heterocycles. The summed E-state index contributed by atoms with van der Waals surface area (Å²) in [5, 5.41) is 0. The number of benzene rings is 1. The highest BCUT2D eigenvalue weighted by atomic mass is 19.2. The predicted octanol–water partition coefficient (Wildman–Crippen LogP) is 1.97. The molecule has 0 unspecified atom stereocenters. The van der Waals surface area contributed by atoms with Crippen LogP contribution in [-0.4, -0.2) is 14.4 Å². The predicted molar refractivity (Wildman–Crippen MR) is 61.2 cm³/mol. The SMILES string of the molecule is O=c1[nH]cc(-c2cccc(F)c2F)c2nccn12. The molecule has 0 amide bonds. The van der Waals surface area contributed by atoms with Crippen LogP contribution in [0.4, 0.5) is 8.78 Å².